The van der Waals surface area contributed by atoms with Crippen LogP contribution in [0.2, 0.25) is 0 Å². The molecule has 1 aliphatic rings. The van der Waals surface area contributed by atoms with Crippen molar-refractivity contribution in [1.82, 2.24) is 4.31 Å². The molecule has 2 aromatic rings. The number of piperidine rings is 1. The number of nitrogens with one attached hydrogen (secondary N) is 1. The molecule has 1 heterocycles. The van der Waals surface area contributed by atoms with Gasteiger partial charge in [-0.2, -0.15) is 4.31 Å². The highest BCUT2D eigenvalue weighted by Crippen LogP contribution is 2.28. The van der Waals surface area contributed by atoms with Crippen LogP contribution in [0.1, 0.15) is 30.6 Å². The number of hydrogen-bond donors (Lipinski definition) is 1. The van der Waals surface area contributed by atoms with Gasteiger partial charge < -0.3 is 5.32 Å². The van der Waals surface area contributed by atoms with Crippen molar-refractivity contribution < 1.29 is 17.6 Å². The molecule has 0 bridgehead atoms. The highest BCUT2D eigenvalue weighted by atomic mass is 79.9. The fourth-order valence-corrected chi connectivity index (χ4v) is 5.55. The van der Waals surface area contributed by atoms with Crippen LogP contribution >= 0.6 is 15.9 Å². The van der Waals surface area contributed by atoms with Crippen LogP contribution in [0.4, 0.5) is 10.1 Å². The highest BCUT2D eigenvalue weighted by molar-refractivity contribution is 9.10. The quantitative estimate of drug-likeness (QED) is 0.717. The number of halogens is 2. The Hall–Kier alpha value is -1.77. The maximum atomic E-state index is 14.4. The third kappa shape index (κ3) is 4.61. The van der Waals surface area contributed by atoms with E-state index >= 15 is 0 Å². The van der Waals surface area contributed by atoms with Gasteiger partial charge in [0.25, 0.3) is 5.91 Å². The van der Waals surface area contributed by atoms with Gasteiger partial charge in [-0.1, -0.05) is 29.8 Å². The second kappa shape index (κ2) is 8.31. The van der Waals surface area contributed by atoms with E-state index in [-0.39, 0.29) is 17.4 Å². The summed E-state index contributed by atoms with van der Waals surface area (Å²) < 4.78 is 42.6. The molecule has 0 saturated carbocycles. The number of rotatable bonds is 4. The van der Waals surface area contributed by atoms with Crippen LogP contribution in [0.5, 0.6) is 0 Å². The lowest BCUT2D eigenvalue weighted by molar-refractivity contribution is 0.102. The van der Waals surface area contributed by atoms with Crippen LogP contribution in [-0.2, 0) is 10.0 Å². The molecular weight excluding hydrogens is 447 g/mol. The molecular formula is C20H22BrFN2O3S. The summed E-state index contributed by atoms with van der Waals surface area (Å²) >= 11 is 3.32. The third-order valence-electron chi connectivity index (χ3n) is 4.75. The van der Waals surface area contributed by atoms with E-state index in [1.54, 1.807) is 24.3 Å². The normalized spacial score (nSPS) is 20.7. The molecule has 28 heavy (non-hydrogen) atoms. The Kier molecular flexibility index (Phi) is 6.21. The number of sulfonamides is 1. The minimum absolute atomic E-state index is 0.0843. The summed E-state index contributed by atoms with van der Waals surface area (Å²) in [6.07, 6.45) is 0.935. The van der Waals surface area contributed by atoms with E-state index in [2.05, 4.69) is 21.2 Å². The van der Waals surface area contributed by atoms with Crippen LogP contribution in [-0.4, -0.2) is 31.7 Å². The number of anilines is 1. The number of amides is 1. The minimum Gasteiger partial charge on any atom is -0.322 e. The summed E-state index contributed by atoms with van der Waals surface area (Å²) in [5, 5.41) is 2.69. The Bertz CT molecular complexity index is 969. The van der Waals surface area contributed by atoms with Crippen LogP contribution in [0.25, 0.3) is 0 Å². The summed E-state index contributed by atoms with van der Waals surface area (Å²) in [5.41, 5.74) is 0.640. The summed E-state index contributed by atoms with van der Waals surface area (Å²) in [5.74, 6) is -0.957. The molecule has 1 aliphatic heterocycles. The molecule has 0 unspecified atom stereocenters. The molecule has 3 rings (SSSR count). The first kappa shape index (κ1) is 21.0. The van der Waals surface area contributed by atoms with Crippen LogP contribution in [0, 0.1) is 17.7 Å². The first-order chi connectivity index (χ1) is 13.2. The zero-order chi connectivity index (χ0) is 20.5. The topological polar surface area (TPSA) is 66.5 Å². The van der Waals surface area contributed by atoms with Gasteiger partial charge in [0.15, 0.2) is 0 Å². The first-order valence-electron chi connectivity index (χ1n) is 9.03. The molecule has 1 N–H and O–H groups in total. The van der Waals surface area contributed by atoms with Gasteiger partial charge >= 0.3 is 0 Å². The van der Waals surface area contributed by atoms with Gasteiger partial charge in [0.1, 0.15) is 10.7 Å². The fraction of sp³-hybridized carbons (Fsp3) is 0.350. The Morgan fingerprint density at radius 1 is 1.11 bits per heavy atom. The number of nitrogens with zero attached hydrogens (tertiary/aromatic N) is 1. The van der Waals surface area contributed by atoms with Crippen molar-refractivity contribution in [2.75, 3.05) is 18.4 Å². The molecule has 1 amide bonds. The van der Waals surface area contributed by atoms with Gasteiger partial charge in [0.2, 0.25) is 10.0 Å². The van der Waals surface area contributed by atoms with E-state index in [1.165, 1.54) is 10.4 Å². The Morgan fingerprint density at radius 3 is 2.32 bits per heavy atom. The molecule has 0 aromatic heterocycles. The SMILES string of the molecule is C[C@H]1C[C@H](C)CN(S(=O)(=O)c2cc(C(=O)Nc3ccc(Br)cc3)ccc2F)C1. The number of benzene rings is 2. The standard InChI is InChI=1S/C20H22BrFN2O3S/c1-13-9-14(2)12-24(11-13)28(26,27)19-10-15(3-8-18(19)22)20(25)23-17-6-4-16(21)5-7-17/h3-8,10,13-14H,9,11-12H2,1-2H3,(H,23,25)/t13-,14-/m0/s1. The van der Waals surface area contributed by atoms with Crippen molar-refractivity contribution in [2.24, 2.45) is 11.8 Å². The lowest BCUT2D eigenvalue weighted by Crippen LogP contribution is -2.42. The van der Waals surface area contributed by atoms with Gasteiger partial charge in [0.05, 0.1) is 0 Å². The monoisotopic (exact) mass is 468 g/mol. The maximum absolute atomic E-state index is 14.4. The summed E-state index contributed by atoms with van der Waals surface area (Å²) in [6.45, 7) is 4.66. The van der Waals surface area contributed by atoms with E-state index in [0.717, 1.165) is 23.0 Å². The zero-order valence-electron chi connectivity index (χ0n) is 15.7. The molecule has 2 atom stereocenters. The number of carbonyl (C=O) groups is 1. The molecule has 0 aliphatic carbocycles. The highest BCUT2D eigenvalue weighted by Gasteiger charge is 2.33. The van der Waals surface area contributed by atoms with Gasteiger partial charge in [-0.25, -0.2) is 12.8 Å². The minimum atomic E-state index is -4.02. The molecule has 2 aromatic carbocycles. The summed E-state index contributed by atoms with van der Waals surface area (Å²) in [7, 11) is -4.02. The molecule has 0 spiro atoms. The van der Waals surface area contributed by atoms with Gasteiger partial charge in [0, 0.05) is 28.8 Å². The van der Waals surface area contributed by atoms with E-state index in [0.29, 0.717) is 18.8 Å². The van der Waals surface area contributed by atoms with E-state index in [4.69, 9.17) is 0 Å². The molecule has 150 valence electrons. The Morgan fingerprint density at radius 2 is 1.71 bits per heavy atom. The largest absolute Gasteiger partial charge is 0.322 e. The molecule has 8 heteroatoms. The molecule has 5 nitrogen and oxygen atoms in total. The predicted octanol–water partition coefficient (Wildman–Crippen LogP) is 4.51. The number of hydrogen-bond acceptors (Lipinski definition) is 3. The summed E-state index contributed by atoms with van der Waals surface area (Å²) in [6, 6.07) is 10.4. The lowest BCUT2D eigenvalue weighted by Gasteiger charge is -2.34. The van der Waals surface area contributed by atoms with Gasteiger partial charge in [-0.15, -0.1) is 0 Å². The van der Waals surface area contributed by atoms with Crippen molar-refractivity contribution in [1.29, 1.82) is 0 Å². The molecule has 1 saturated heterocycles. The third-order valence-corrected chi connectivity index (χ3v) is 7.12. The van der Waals surface area contributed by atoms with Crippen molar-refractivity contribution in [3.05, 3.63) is 58.3 Å². The molecule has 0 radical (unpaired) electrons. The van der Waals surface area contributed by atoms with Crippen molar-refractivity contribution >= 4 is 37.5 Å². The predicted molar refractivity (Wildman–Crippen MR) is 110 cm³/mol. The van der Waals surface area contributed by atoms with E-state index in [1.807, 2.05) is 13.8 Å². The average molecular weight is 469 g/mol. The molecule has 1 fully saturated rings. The second-order valence-corrected chi connectivity index (χ2v) is 10.2. The summed E-state index contributed by atoms with van der Waals surface area (Å²) in [4.78, 5) is 12.1. The second-order valence-electron chi connectivity index (χ2n) is 7.37. The van der Waals surface area contributed by atoms with Crippen molar-refractivity contribution in [3.8, 4) is 0 Å². The van der Waals surface area contributed by atoms with Crippen LogP contribution in [0.3, 0.4) is 0 Å². The van der Waals surface area contributed by atoms with Crippen molar-refractivity contribution in [3.63, 3.8) is 0 Å². The zero-order valence-corrected chi connectivity index (χ0v) is 18.1. The van der Waals surface area contributed by atoms with Crippen LogP contribution in [0.15, 0.2) is 51.8 Å². The van der Waals surface area contributed by atoms with E-state index in [9.17, 15) is 17.6 Å². The number of carbonyl (C=O) groups excluding carboxylic acids is 1. The van der Waals surface area contributed by atoms with Gasteiger partial charge in [-0.05, 0) is 60.7 Å². The Labute approximate surface area is 173 Å². The van der Waals surface area contributed by atoms with Crippen LogP contribution < -0.4 is 5.32 Å². The smallest absolute Gasteiger partial charge is 0.255 e. The lowest BCUT2D eigenvalue weighted by atomic mass is 9.94. The Balaban J connectivity index is 1.88. The fourth-order valence-electron chi connectivity index (χ4n) is 3.52. The van der Waals surface area contributed by atoms with E-state index < -0.39 is 26.6 Å². The van der Waals surface area contributed by atoms with Gasteiger partial charge in [-0.3, -0.25) is 4.79 Å². The maximum Gasteiger partial charge on any atom is 0.255 e. The first-order valence-corrected chi connectivity index (χ1v) is 11.3. The average Bonchev–Trinajstić information content (AvgIpc) is 2.63. The van der Waals surface area contributed by atoms with Crippen molar-refractivity contribution in [2.45, 2.75) is 25.2 Å².